The molecule has 5 rings (SSSR count). The average Bonchev–Trinajstić information content (AvgIpc) is 3.19. The molecule has 3 aliphatic rings. The van der Waals surface area contributed by atoms with Crippen molar-refractivity contribution in [2.24, 2.45) is 0 Å². The van der Waals surface area contributed by atoms with E-state index in [2.05, 4.69) is 11.4 Å². The Morgan fingerprint density at radius 3 is 2.58 bits per heavy atom. The van der Waals surface area contributed by atoms with Gasteiger partial charge >= 0.3 is 0 Å². The fourth-order valence-corrected chi connectivity index (χ4v) is 5.07. The van der Waals surface area contributed by atoms with Crippen LogP contribution in [0.5, 0.6) is 0 Å². The van der Waals surface area contributed by atoms with Crippen molar-refractivity contribution in [3.05, 3.63) is 64.5 Å². The lowest BCUT2D eigenvalue weighted by Gasteiger charge is -2.36. The number of piperazine rings is 1. The Kier molecular flexibility index (Phi) is 6.14. The van der Waals surface area contributed by atoms with Crippen LogP contribution in [-0.2, 0) is 27.3 Å². The molecule has 2 fully saturated rings. The Hall–Kier alpha value is -4.26. The number of hydrogen-bond acceptors (Lipinski definition) is 6. The molecule has 0 spiro atoms. The molecule has 1 N–H and O–H groups in total. The predicted molar refractivity (Wildman–Crippen MR) is 126 cm³/mol. The van der Waals surface area contributed by atoms with Gasteiger partial charge in [0.25, 0.3) is 5.91 Å². The number of nitrogens with one attached hydrogen (secondary N) is 1. The van der Waals surface area contributed by atoms with Gasteiger partial charge in [0.05, 0.1) is 23.7 Å². The molecule has 0 bridgehead atoms. The summed E-state index contributed by atoms with van der Waals surface area (Å²) in [5.74, 6) is -1.91. The number of piperidine rings is 1. The van der Waals surface area contributed by atoms with E-state index in [9.17, 15) is 24.4 Å². The topological polar surface area (TPSA) is 114 Å². The molecule has 4 amide bonds. The van der Waals surface area contributed by atoms with E-state index in [1.165, 1.54) is 11.0 Å². The van der Waals surface area contributed by atoms with Gasteiger partial charge in [-0.15, -0.1) is 0 Å². The Morgan fingerprint density at radius 2 is 1.86 bits per heavy atom. The van der Waals surface area contributed by atoms with E-state index in [0.717, 1.165) is 0 Å². The summed E-state index contributed by atoms with van der Waals surface area (Å²) in [6.45, 7) is 1.83. The van der Waals surface area contributed by atoms with Crippen LogP contribution in [0.1, 0.15) is 39.9 Å². The highest BCUT2D eigenvalue weighted by Crippen LogP contribution is 2.33. The van der Waals surface area contributed by atoms with Gasteiger partial charge in [-0.1, -0.05) is 18.2 Å². The number of carbonyl (C=O) groups excluding carboxylic acids is 4. The lowest BCUT2D eigenvalue weighted by atomic mass is 10.0. The third-order valence-electron chi connectivity index (χ3n) is 7.04. The molecule has 1 unspecified atom stereocenters. The molecule has 0 radical (unpaired) electrons. The van der Waals surface area contributed by atoms with E-state index in [-0.39, 0.29) is 43.2 Å². The normalized spacial score (nSPS) is 19.7. The highest BCUT2D eigenvalue weighted by atomic mass is 19.1. The SMILES string of the molecule is N#Cc1ccccc1CC(=O)N1CCN(c2cc3c(cc2F)C(=O)N(C2CCC(=O)NC2=O)C3)CC1. The Balaban J connectivity index is 1.25. The third kappa shape index (κ3) is 4.28. The molecule has 2 saturated heterocycles. The highest BCUT2D eigenvalue weighted by Gasteiger charge is 2.40. The lowest BCUT2D eigenvalue weighted by Crippen LogP contribution is -2.52. The Morgan fingerprint density at radius 1 is 1.11 bits per heavy atom. The number of anilines is 1. The highest BCUT2D eigenvalue weighted by molar-refractivity contribution is 6.05. The minimum atomic E-state index is -0.755. The number of carbonyl (C=O) groups is 4. The van der Waals surface area contributed by atoms with E-state index in [1.807, 2.05) is 4.90 Å². The van der Waals surface area contributed by atoms with Gasteiger partial charge in [-0.05, 0) is 35.7 Å². The monoisotopic (exact) mass is 489 g/mol. The molecule has 0 aromatic heterocycles. The van der Waals surface area contributed by atoms with Gasteiger partial charge in [-0.3, -0.25) is 24.5 Å². The van der Waals surface area contributed by atoms with Gasteiger partial charge < -0.3 is 14.7 Å². The first-order chi connectivity index (χ1) is 17.4. The minimum absolute atomic E-state index is 0.0859. The Labute approximate surface area is 207 Å². The van der Waals surface area contributed by atoms with Crippen LogP contribution < -0.4 is 10.2 Å². The summed E-state index contributed by atoms with van der Waals surface area (Å²) in [7, 11) is 0. The summed E-state index contributed by atoms with van der Waals surface area (Å²) in [6, 6.07) is 11.2. The smallest absolute Gasteiger partial charge is 0.255 e. The number of benzene rings is 2. The lowest BCUT2D eigenvalue weighted by molar-refractivity contribution is -0.137. The molecule has 0 saturated carbocycles. The molecular formula is C26H24FN5O4. The second kappa shape index (κ2) is 9.41. The van der Waals surface area contributed by atoms with Crippen LogP contribution in [0.4, 0.5) is 10.1 Å². The molecule has 1 atom stereocenters. The van der Waals surface area contributed by atoms with Crippen molar-refractivity contribution in [3.63, 3.8) is 0 Å². The first-order valence-electron chi connectivity index (χ1n) is 11.8. The van der Waals surface area contributed by atoms with Crippen molar-refractivity contribution < 1.29 is 23.6 Å². The number of imide groups is 1. The summed E-state index contributed by atoms with van der Waals surface area (Å²) >= 11 is 0. The standard InChI is InChI=1S/C26H24FN5O4/c27-20-13-19-18(15-32(26(19)36)21-5-6-23(33)29-25(21)35)11-22(20)30-7-9-31(10-8-30)24(34)12-16-3-1-2-4-17(16)14-28/h1-4,11,13,21H,5-10,12,15H2,(H,29,33,35). The Bertz CT molecular complexity index is 1310. The molecule has 0 aliphatic carbocycles. The second-order valence-corrected chi connectivity index (χ2v) is 9.17. The summed E-state index contributed by atoms with van der Waals surface area (Å²) in [4.78, 5) is 54.4. The van der Waals surface area contributed by atoms with E-state index in [4.69, 9.17) is 0 Å². The van der Waals surface area contributed by atoms with E-state index in [0.29, 0.717) is 48.6 Å². The molecule has 2 aromatic carbocycles. The van der Waals surface area contributed by atoms with E-state index in [1.54, 1.807) is 35.2 Å². The van der Waals surface area contributed by atoms with Crippen LogP contribution in [0, 0.1) is 17.1 Å². The molecule has 3 heterocycles. The number of rotatable bonds is 4. The largest absolute Gasteiger partial charge is 0.366 e. The van der Waals surface area contributed by atoms with Crippen molar-refractivity contribution in [3.8, 4) is 6.07 Å². The van der Waals surface area contributed by atoms with Gasteiger partial charge in [0.15, 0.2) is 0 Å². The number of hydrogen-bond donors (Lipinski definition) is 1. The third-order valence-corrected chi connectivity index (χ3v) is 7.04. The van der Waals surface area contributed by atoms with Crippen LogP contribution in [0.25, 0.3) is 0 Å². The van der Waals surface area contributed by atoms with Gasteiger partial charge in [-0.25, -0.2) is 4.39 Å². The molecule has 3 aliphatic heterocycles. The maximum atomic E-state index is 15.1. The molecule has 36 heavy (non-hydrogen) atoms. The van der Waals surface area contributed by atoms with Crippen LogP contribution in [0.2, 0.25) is 0 Å². The molecule has 9 nitrogen and oxygen atoms in total. The van der Waals surface area contributed by atoms with Crippen LogP contribution in [0.3, 0.4) is 0 Å². The fraction of sp³-hybridized carbons (Fsp3) is 0.346. The first-order valence-corrected chi connectivity index (χ1v) is 11.8. The summed E-state index contributed by atoms with van der Waals surface area (Å²) < 4.78 is 15.1. The maximum absolute atomic E-state index is 15.1. The van der Waals surface area contributed by atoms with Gasteiger partial charge in [0.1, 0.15) is 11.9 Å². The number of nitriles is 1. The average molecular weight is 490 g/mol. The number of nitrogens with zero attached hydrogens (tertiary/aromatic N) is 4. The predicted octanol–water partition coefficient (Wildman–Crippen LogP) is 1.35. The van der Waals surface area contributed by atoms with Gasteiger partial charge in [-0.2, -0.15) is 5.26 Å². The number of fused-ring (bicyclic) bond motifs is 1. The van der Waals surface area contributed by atoms with Crippen LogP contribution in [-0.4, -0.2) is 65.6 Å². The van der Waals surface area contributed by atoms with E-state index >= 15 is 4.39 Å². The maximum Gasteiger partial charge on any atom is 0.255 e. The van der Waals surface area contributed by atoms with Crippen LogP contribution >= 0.6 is 0 Å². The minimum Gasteiger partial charge on any atom is -0.366 e. The zero-order chi connectivity index (χ0) is 25.4. The summed E-state index contributed by atoms with van der Waals surface area (Å²) in [5.41, 5.74) is 2.38. The molecule has 10 heteroatoms. The quantitative estimate of drug-likeness (QED) is 0.649. The first kappa shape index (κ1) is 23.5. The van der Waals surface area contributed by atoms with Crippen molar-refractivity contribution in [1.82, 2.24) is 15.1 Å². The van der Waals surface area contributed by atoms with E-state index < -0.39 is 23.7 Å². The van der Waals surface area contributed by atoms with Crippen molar-refractivity contribution in [1.29, 1.82) is 5.26 Å². The number of amides is 4. The van der Waals surface area contributed by atoms with Crippen molar-refractivity contribution in [2.45, 2.75) is 31.8 Å². The molecular weight excluding hydrogens is 465 g/mol. The van der Waals surface area contributed by atoms with Crippen molar-refractivity contribution in [2.75, 3.05) is 31.1 Å². The van der Waals surface area contributed by atoms with Gasteiger partial charge in [0, 0.05) is 44.7 Å². The molecule has 2 aromatic rings. The van der Waals surface area contributed by atoms with Crippen LogP contribution in [0.15, 0.2) is 36.4 Å². The summed E-state index contributed by atoms with van der Waals surface area (Å²) in [6.07, 6.45) is 0.533. The summed E-state index contributed by atoms with van der Waals surface area (Å²) in [5, 5.41) is 11.5. The zero-order valence-corrected chi connectivity index (χ0v) is 19.5. The fourth-order valence-electron chi connectivity index (χ4n) is 5.07. The van der Waals surface area contributed by atoms with Crippen molar-refractivity contribution >= 4 is 29.3 Å². The molecule has 184 valence electrons. The zero-order valence-electron chi connectivity index (χ0n) is 19.5. The number of halogens is 1. The second-order valence-electron chi connectivity index (χ2n) is 9.17. The van der Waals surface area contributed by atoms with Gasteiger partial charge in [0.2, 0.25) is 17.7 Å².